The second-order valence-electron chi connectivity index (χ2n) is 2.06. The fraction of sp³-hybridized carbons (Fsp3) is 0. The minimum Gasteiger partial charge on any atom is -0.0616 e. The van der Waals surface area contributed by atoms with Gasteiger partial charge in [-0.25, -0.2) is 0 Å². The Bertz CT molecular complexity index is 306. The van der Waals surface area contributed by atoms with E-state index in [2.05, 4.69) is 35.1 Å². The van der Waals surface area contributed by atoms with Crippen molar-refractivity contribution in [1.29, 1.82) is 0 Å². The molecule has 0 fully saturated rings. The molecule has 1 heterocycles. The Hall–Kier alpha value is -0.340. The lowest BCUT2D eigenvalue weighted by atomic mass is 10.3. The van der Waals surface area contributed by atoms with Crippen molar-refractivity contribution in [1.82, 2.24) is 0 Å². The molecule has 0 saturated carbocycles. The fourth-order valence-electron chi connectivity index (χ4n) is 0.885. The van der Waals surface area contributed by atoms with Crippen molar-refractivity contribution in [2.75, 3.05) is 0 Å². The zero-order valence-corrected chi connectivity index (χ0v) is 6.91. The predicted molar refractivity (Wildman–Crippen MR) is 49.8 cm³/mol. The fourth-order valence-corrected chi connectivity index (χ4v) is 2.59. The number of hydrogen-bond acceptors (Lipinski definition) is 2. The molecule has 1 aliphatic heterocycles. The molecule has 10 heavy (non-hydrogen) atoms. The summed E-state index contributed by atoms with van der Waals surface area (Å²) in [6, 6.07) is 8.41. The molecule has 0 bridgehead atoms. The van der Waals surface area contributed by atoms with Crippen molar-refractivity contribution in [2.24, 2.45) is 0 Å². The third-order valence-electron chi connectivity index (χ3n) is 1.40. The zero-order valence-electron chi connectivity index (χ0n) is 5.28. The summed E-state index contributed by atoms with van der Waals surface area (Å²) in [7, 11) is 3.55. The molecule has 1 aliphatic rings. The lowest BCUT2D eigenvalue weighted by Gasteiger charge is -1.95. The van der Waals surface area contributed by atoms with Crippen LogP contribution in [0.4, 0.5) is 0 Å². The molecule has 0 aromatic heterocycles. The Morgan fingerprint density at radius 1 is 0.800 bits per heavy atom. The highest BCUT2D eigenvalue weighted by Gasteiger charge is 1.90. The number of rotatable bonds is 0. The summed E-state index contributed by atoms with van der Waals surface area (Å²) >= 11 is 0. The van der Waals surface area contributed by atoms with Crippen molar-refractivity contribution < 1.29 is 0 Å². The van der Waals surface area contributed by atoms with Crippen molar-refractivity contribution in [3.8, 4) is 0 Å². The maximum Gasteiger partial charge on any atom is -0.00994 e. The molecule has 0 aliphatic carbocycles. The third kappa shape index (κ3) is 1.09. The summed E-state index contributed by atoms with van der Waals surface area (Å²) in [6.45, 7) is 0. The van der Waals surface area contributed by atoms with E-state index in [-0.39, 0.29) is 0 Å². The van der Waals surface area contributed by atoms with E-state index in [0.717, 1.165) is 0 Å². The van der Waals surface area contributed by atoms with Gasteiger partial charge in [0, 0.05) is 0 Å². The van der Waals surface area contributed by atoms with Crippen molar-refractivity contribution in [3.63, 3.8) is 0 Å². The monoisotopic (exact) mass is 166 g/mol. The average Bonchev–Trinajstić information content (AvgIpc) is 2.05. The van der Waals surface area contributed by atoms with Crippen molar-refractivity contribution >= 4 is 32.4 Å². The van der Waals surface area contributed by atoms with Gasteiger partial charge < -0.3 is 0 Å². The quantitative estimate of drug-likeness (QED) is 0.536. The highest BCUT2D eigenvalue weighted by molar-refractivity contribution is 8.82. The third-order valence-corrected chi connectivity index (χ3v) is 3.12. The van der Waals surface area contributed by atoms with Crippen LogP contribution in [0.25, 0.3) is 10.8 Å². The Morgan fingerprint density at radius 3 is 1.80 bits per heavy atom. The van der Waals surface area contributed by atoms with Crippen LogP contribution in [-0.4, -0.2) is 0 Å². The van der Waals surface area contributed by atoms with Crippen LogP contribution < -0.4 is 10.4 Å². The van der Waals surface area contributed by atoms with Gasteiger partial charge in [0.05, 0.1) is 0 Å². The van der Waals surface area contributed by atoms with Crippen LogP contribution in [0, 0.1) is 0 Å². The number of hydrogen-bond donors (Lipinski definition) is 0. The van der Waals surface area contributed by atoms with Gasteiger partial charge >= 0.3 is 0 Å². The maximum absolute atomic E-state index is 2.18. The highest BCUT2D eigenvalue weighted by atomic mass is 33.1. The molecular weight excluding hydrogens is 160 g/mol. The molecule has 50 valence electrons. The summed E-state index contributed by atoms with van der Waals surface area (Å²) < 4.78 is 0. The molecule has 0 N–H and O–H groups in total. The molecule has 0 unspecified atom stereocenters. The van der Waals surface area contributed by atoms with E-state index in [1.54, 1.807) is 21.6 Å². The van der Waals surface area contributed by atoms with Gasteiger partial charge in [-0.05, 0) is 21.3 Å². The first kappa shape index (κ1) is 6.38. The van der Waals surface area contributed by atoms with Crippen LogP contribution in [0.3, 0.4) is 0 Å². The van der Waals surface area contributed by atoms with E-state index < -0.39 is 0 Å². The van der Waals surface area contributed by atoms with Gasteiger partial charge in [-0.15, -0.1) is 0 Å². The molecule has 0 saturated heterocycles. The van der Waals surface area contributed by atoms with Crippen LogP contribution in [0.1, 0.15) is 0 Å². The summed E-state index contributed by atoms with van der Waals surface area (Å²) in [6.07, 6.45) is 0. The Balaban J connectivity index is 2.84. The number of benzene rings is 1. The first-order valence-electron chi connectivity index (χ1n) is 3.04. The van der Waals surface area contributed by atoms with Crippen LogP contribution in [0.5, 0.6) is 0 Å². The van der Waals surface area contributed by atoms with E-state index in [1.807, 2.05) is 0 Å². The Labute approximate surface area is 67.4 Å². The lowest BCUT2D eigenvalue weighted by molar-refractivity contribution is 1.54. The molecular formula is C8H6S2. The van der Waals surface area contributed by atoms with Gasteiger partial charge in [-0.2, -0.15) is 0 Å². The summed E-state index contributed by atoms with van der Waals surface area (Å²) in [5.41, 5.74) is 0. The molecule has 0 atom stereocenters. The zero-order chi connectivity index (χ0) is 6.81. The summed E-state index contributed by atoms with van der Waals surface area (Å²) in [5, 5.41) is 7.04. The van der Waals surface area contributed by atoms with Crippen LogP contribution in [0.2, 0.25) is 0 Å². The van der Waals surface area contributed by atoms with E-state index in [4.69, 9.17) is 0 Å². The number of fused-ring (bicyclic) bond motifs is 1. The molecule has 0 spiro atoms. The summed E-state index contributed by atoms with van der Waals surface area (Å²) in [5.74, 6) is 0. The van der Waals surface area contributed by atoms with Crippen molar-refractivity contribution in [3.05, 3.63) is 34.7 Å². The van der Waals surface area contributed by atoms with Gasteiger partial charge in [-0.1, -0.05) is 45.9 Å². The normalized spacial score (nSPS) is 14.8. The molecule has 0 amide bonds. The van der Waals surface area contributed by atoms with Gasteiger partial charge in [0.25, 0.3) is 0 Å². The molecule has 2 rings (SSSR count). The SMILES string of the molecule is C1=c2ccccc2=CSS1. The molecule has 0 nitrogen and oxygen atoms in total. The van der Waals surface area contributed by atoms with Crippen LogP contribution in [-0.2, 0) is 0 Å². The summed E-state index contributed by atoms with van der Waals surface area (Å²) in [4.78, 5) is 0. The first-order chi connectivity index (χ1) is 4.97. The highest BCUT2D eigenvalue weighted by Crippen LogP contribution is 2.24. The van der Waals surface area contributed by atoms with Crippen molar-refractivity contribution in [2.45, 2.75) is 0 Å². The van der Waals surface area contributed by atoms with Gasteiger partial charge in [0.15, 0.2) is 0 Å². The van der Waals surface area contributed by atoms with E-state index in [1.165, 1.54) is 10.4 Å². The molecule has 0 radical (unpaired) electrons. The second-order valence-corrected chi connectivity index (χ2v) is 4.07. The topological polar surface area (TPSA) is 0 Å². The molecule has 2 heteroatoms. The minimum atomic E-state index is 1.34. The van der Waals surface area contributed by atoms with E-state index >= 15 is 0 Å². The smallest absolute Gasteiger partial charge is 0.00994 e. The van der Waals surface area contributed by atoms with Gasteiger partial charge in [-0.3, -0.25) is 0 Å². The average molecular weight is 166 g/mol. The first-order valence-corrected chi connectivity index (χ1v) is 5.32. The standard InChI is InChI=1S/C8H6S2/c1-2-4-8-6-10-9-5-7(8)3-1/h1-6H. The molecule has 1 aromatic rings. The van der Waals surface area contributed by atoms with Crippen LogP contribution in [0.15, 0.2) is 24.3 Å². The largest absolute Gasteiger partial charge is 0.0616 e. The molecule has 1 aromatic carbocycles. The predicted octanol–water partition coefficient (Wildman–Crippen LogP) is 1.56. The second kappa shape index (κ2) is 2.72. The Morgan fingerprint density at radius 2 is 1.30 bits per heavy atom. The van der Waals surface area contributed by atoms with Gasteiger partial charge in [0.2, 0.25) is 0 Å². The minimum absolute atomic E-state index is 1.34. The lowest BCUT2D eigenvalue weighted by Crippen LogP contribution is -2.23. The Kier molecular flexibility index (Phi) is 1.74. The van der Waals surface area contributed by atoms with Gasteiger partial charge in [0.1, 0.15) is 0 Å². The van der Waals surface area contributed by atoms with E-state index in [9.17, 15) is 0 Å². The van der Waals surface area contributed by atoms with E-state index in [0.29, 0.717) is 0 Å². The van der Waals surface area contributed by atoms with Crippen LogP contribution >= 0.6 is 21.6 Å². The maximum atomic E-state index is 2.18.